The molecule has 1 rings (SSSR count). The maximum atomic E-state index is 10.3. The molecule has 1 N–H and O–H groups in total. The largest absolute Gasteiger partial charge is 0.481 e. The quantitative estimate of drug-likeness (QED) is 0.789. The van der Waals surface area contributed by atoms with E-state index in [-0.39, 0.29) is 5.75 Å². The highest BCUT2D eigenvalue weighted by molar-refractivity contribution is 7.99. The summed E-state index contributed by atoms with van der Waals surface area (Å²) in [6.07, 6.45) is 1.51. The molecular formula is C8H8ClNO2S. The van der Waals surface area contributed by atoms with Crippen LogP contribution in [0.15, 0.2) is 17.3 Å². The van der Waals surface area contributed by atoms with Crippen LogP contribution in [-0.4, -0.2) is 21.8 Å². The standard InChI is InChI=1S/C8H8ClNO2S/c1-5-2-6(9)3-10-8(5)13-4-7(11)12/h2-3H,4H2,1H3,(H,11,12). The minimum atomic E-state index is -0.846. The second kappa shape index (κ2) is 4.48. The number of aryl methyl sites for hydroxylation is 1. The zero-order valence-corrected chi connectivity index (χ0v) is 8.52. The lowest BCUT2D eigenvalue weighted by Crippen LogP contribution is -1.98. The van der Waals surface area contributed by atoms with Crippen LogP contribution in [0.25, 0.3) is 0 Å². The van der Waals surface area contributed by atoms with Gasteiger partial charge in [0.05, 0.1) is 15.8 Å². The predicted octanol–water partition coefficient (Wildman–Crippen LogP) is 2.22. The summed E-state index contributed by atoms with van der Waals surface area (Å²) in [7, 11) is 0. The minimum Gasteiger partial charge on any atom is -0.481 e. The van der Waals surface area contributed by atoms with E-state index < -0.39 is 5.97 Å². The number of thioether (sulfide) groups is 1. The van der Waals surface area contributed by atoms with Crippen LogP contribution in [0.1, 0.15) is 5.56 Å². The molecule has 0 aromatic carbocycles. The molecule has 70 valence electrons. The second-order valence-corrected chi connectivity index (χ2v) is 3.86. The average molecular weight is 218 g/mol. The average Bonchev–Trinajstić information content (AvgIpc) is 2.02. The van der Waals surface area contributed by atoms with E-state index in [4.69, 9.17) is 16.7 Å². The number of rotatable bonds is 3. The van der Waals surface area contributed by atoms with Gasteiger partial charge < -0.3 is 5.11 Å². The van der Waals surface area contributed by atoms with Crippen molar-refractivity contribution in [2.75, 3.05) is 5.75 Å². The molecule has 3 nitrogen and oxygen atoms in total. The number of aliphatic carboxylic acids is 1. The molecule has 1 heterocycles. The Bertz CT molecular complexity index is 330. The number of carbonyl (C=O) groups is 1. The van der Waals surface area contributed by atoms with Crippen LogP contribution in [0.3, 0.4) is 0 Å². The van der Waals surface area contributed by atoms with Gasteiger partial charge in [0.15, 0.2) is 0 Å². The van der Waals surface area contributed by atoms with Crippen LogP contribution in [0.5, 0.6) is 0 Å². The van der Waals surface area contributed by atoms with E-state index in [1.54, 1.807) is 6.07 Å². The number of aromatic nitrogens is 1. The molecule has 0 amide bonds. The number of halogens is 1. The van der Waals surface area contributed by atoms with Gasteiger partial charge in [-0.05, 0) is 18.6 Å². The Morgan fingerprint density at radius 1 is 1.77 bits per heavy atom. The van der Waals surface area contributed by atoms with Gasteiger partial charge in [-0.25, -0.2) is 4.98 Å². The van der Waals surface area contributed by atoms with Crippen molar-refractivity contribution in [3.05, 3.63) is 22.8 Å². The van der Waals surface area contributed by atoms with E-state index in [9.17, 15) is 4.79 Å². The molecule has 0 aliphatic carbocycles. The molecule has 1 aromatic heterocycles. The first-order chi connectivity index (χ1) is 6.09. The fraction of sp³-hybridized carbons (Fsp3) is 0.250. The monoisotopic (exact) mass is 217 g/mol. The maximum Gasteiger partial charge on any atom is 0.313 e. The maximum absolute atomic E-state index is 10.3. The third-order valence-corrected chi connectivity index (χ3v) is 2.63. The van der Waals surface area contributed by atoms with Gasteiger partial charge in [0, 0.05) is 6.20 Å². The highest BCUT2D eigenvalue weighted by Crippen LogP contribution is 2.21. The summed E-state index contributed by atoms with van der Waals surface area (Å²) >= 11 is 6.89. The van der Waals surface area contributed by atoms with Crippen LogP contribution in [0.4, 0.5) is 0 Å². The van der Waals surface area contributed by atoms with Crippen molar-refractivity contribution >= 4 is 29.3 Å². The van der Waals surface area contributed by atoms with E-state index in [0.29, 0.717) is 10.0 Å². The van der Waals surface area contributed by atoms with Crippen molar-refractivity contribution in [3.63, 3.8) is 0 Å². The molecule has 13 heavy (non-hydrogen) atoms. The van der Waals surface area contributed by atoms with E-state index in [2.05, 4.69) is 4.98 Å². The zero-order chi connectivity index (χ0) is 9.84. The second-order valence-electron chi connectivity index (χ2n) is 2.46. The molecule has 0 unspecified atom stereocenters. The van der Waals surface area contributed by atoms with Crippen molar-refractivity contribution in [2.24, 2.45) is 0 Å². The summed E-state index contributed by atoms with van der Waals surface area (Å²) in [4.78, 5) is 14.3. The van der Waals surface area contributed by atoms with E-state index in [0.717, 1.165) is 5.56 Å². The summed E-state index contributed by atoms with van der Waals surface area (Å²) in [5.74, 6) is -0.823. The van der Waals surface area contributed by atoms with Crippen molar-refractivity contribution < 1.29 is 9.90 Å². The van der Waals surface area contributed by atoms with Gasteiger partial charge in [-0.15, -0.1) is 0 Å². The fourth-order valence-corrected chi connectivity index (χ4v) is 1.70. The van der Waals surface area contributed by atoms with Crippen molar-refractivity contribution in [1.29, 1.82) is 0 Å². The number of carboxylic acid groups (broad SMARTS) is 1. The van der Waals surface area contributed by atoms with E-state index in [1.807, 2.05) is 6.92 Å². The van der Waals surface area contributed by atoms with Gasteiger partial charge in [-0.1, -0.05) is 23.4 Å². The van der Waals surface area contributed by atoms with Crippen molar-refractivity contribution in [3.8, 4) is 0 Å². The van der Waals surface area contributed by atoms with E-state index in [1.165, 1.54) is 18.0 Å². The minimum absolute atomic E-state index is 0.0233. The van der Waals surface area contributed by atoms with Gasteiger partial charge in [-0.3, -0.25) is 4.79 Å². The molecule has 0 spiro atoms. The van der Waals surface area contributed by atoms with Crippen LogP contribution < -0.4 is 0 Å². The zero-order valence-electron chi connectivity index (χ0n) is 6.95. The number of nitrogens with zero attached hydrogens (tertiary/aromatic N) is 1. The number of pyridine rings is 1. The SMILES string of the molecule is Cc1cc(Cl)cnc1SCC(=O)O. The summed E-state index contributed by atoms with van der Waals surface area (Å²) in [5.41, 5.74) is 0.902. The summed E-state index contributed by atoms with van der Waals surface area (Å²) in [6, 6.07) is 1.76. The molecule has 5 heteroatoms. The Balaban J connectivity index is 2.72. The lowest BCUT2D eigenvalue weighted by Gasteiger charge is -2.01. The predicted molar refractivity (Wildman–Crippen MR) is 52.3 cm³/mol. The number of hydrogen-bond acceptors (Lipinski definition) is 3. The highest BCUT2D eigenvalue weighted by Gasteiger charge is 2.04. The van der Waals surface area contributed by atoms with Crippen LogP contribution in [0, 0.1) is 6.92 Å². The molecule has 0 fully saturated rings. The van der Waals surface area contributed by atoms with Gasteiger partial charge in [0.1, 0.15) is 0 Å². The summed E-state index contributed by atoms with van der Waals surface area (Å²) in [6.45, 7) is 1.85. The molecule has 0 aliphatic heterocycles. The number of carboxylic acids is 1. The first-order valence-corrected chi connectivity index (χ1v) is 4.92. The molecule has 0 aliphatic rings. The Morgan fingerprint density at radius 2 is 2.46 bits per heavy atom. The fourth-order valence-electron chi connectivity index (χ4n) is 0.809. The highest BCUT2D eigenvalue weighted by atomic mass is 35.5. The molecular weight excluding hydrogens is 210 g/mol. The molecule has 0 bridgehead atoms. The van der Waals surface area contributed by atoms with Gasteiger partial charge in [0.25, 0.3) is 0 Å². The van der Waals surface area contributed by atoms with Crippen LogP contribution in [0.2, 0.25) is 5.02 Å². The van der Waals surface area contributed by atoms with Crippen LogP contribution >= 0.6 is 23.4 Å². The lowest BCUT2D eigenvalue weighted by atomic mass is 10.3. The summed E-state index contributed by atoms with van der Waals surface area (Å²) in [5, 5.41) is 9.73. The van der Waals surface area contributed by atoms with Gasteiger partial charge >= 0.3 is 5.97 Å². The molecule has 0 saturated heterocycles. The Hall–Kier alpha value is -0.740. The Kier molecular flexibility index (Phi) is 3.57. The molecule has 0 saturated carbocycles. The third kappa shape index (κ3) is 3.24. The molecule has 0 atom stereocenters. The molecule has 1 aromatic rings. The Labute approximate surface area is 85.1 Å². The summed E-state index contributed by atoms with van der Waals surface area (Å²) < 4.78 is 0. The topological polar surface area (TPSA) is 50.2 Å². The number of hydrogen-bond donors (Lipinski definition) is 1. The van der Waals surface area contributed by atoms with Gasteiger partial charge in [0.2, 0.25) is 0 Å². The normalized spacial score (nSPS) is 10.0. The lowest BCUT2D eigenvalue weighted by molar-refractivity contribution is -0.133. The Morgan fingerprint density at radius 3 is 3.00 bits per heavy atom. The smallest absolute Gasteiger partial charge is 0.313 e. The first kappa shape index (κ1) is 10.3. The van der Waals surface area contributed by atoms with Gasteiger partial charge in [-0.2, -0.15) is 0 Å². The molecule has 0 radical (unpaired) electrons. The van der Waals surface area contributed by atoms with Crippen molar-refractivity contribution in [1.82, 2.24) is 4.98 Å². The van der Waals surface area contributed by atoms with E-state index >= 15 is 0 Å². The van der Waals surface area contributed by atoms with Crippen molar-refractivity contribution in [2.45, 2.75) is 11.9 Å². The first-order valence-electron chi connectivity index (χ1n) is 3.56. The third-order valence-electron chi connectivity index (χ3n) is 1.33. The van der Waals surface area contributed by atoms with Crippen LogP contribution in [-0.2, 0) is 4.79 Å².